The molecule has 1 aromatic heterocycles. The van der Waals surface area contributed by atoms with Crippen molar-refractivity contribution in [3.63, 3.8) is 0 Å². The second kappa shape index (κ2) is 25.1. The van der Waals surface area contributed by atoms with Gasteiger partial charge in [-0.2, -0.15) is 0 Å². The van der Waals surface area contributed by atoms with Crippen LogP contribution in [0.5, 0.6) is 5.75 Å². The number of carbonyl (C=O) groups is 6. The van der Waals surface area contributed by atoms with Crippen molar-refractivity contribution in [1.29, 1.82) is 0 Å². The lowest BCUT2D eigenvalue weighted by Crippen LogP contribution is -2.58. The van der Waals surface area contributed by atoms with Crippen LogP contribution in [0, 0.1) is 6.92 Å². The Balaban J connectivity index is 1.58. The van der Waals surface area contributed by atoms with Gasteiger partial charge in [-0.3, -0.25) is 19.2 Å². The number of phenols is 1. The molecule has 4 rings (SSSR count). The van der Waals surface area contributed by atoms with Crippen LogP contribution in [0.15, 0.2) is 79.0 Å². The monoisotopic (exact) mass is 882 g/mol. The van der Waals surface area contributed by atoms with E-state index in [9.17, 15) is 39.0 Å². The highest BCUT2D eigenvalue weighted by Crippen LogP contribution is 2.20. The first kappa shape index (κ1) is 50.3. The summed E-state index contributed by atoms with van der Waals surface area (Å²) in [4.78, 5) is 84.1. The Kier molecular flexibility index (Phi) is 19.7. The molecular weight excluding hydrogens is 817 g/mol. The van der Waals surface area contributed by atoms with Crippen molar-refractivity contribution < 1.29 is 43.7 Å². The molecule has 0 aliphatic carbocycles. The number of H-pyrrole nitrogens is 1. The van der Waals surface area contributed by atoms with Crippen LogP contribution < -0.4 is 26.6 Å². The lowest BCUT2D eigenvalue weighted by Gasteiger charge is -2.27. The number of rotatable bonds is 25. The molecule has 0 saturated carbocycles. The van der Waals surface area contributed by atoms with Crippen molar-refractivity contribution in [1.82, 2.24) is 31.6 Å². The molecule has 15 heteroatoms. The minimum atomic E-state index is -1.37. The summed E-state index contributed by atoms with van der Waals surface area (Å²) in [6, 6.07) is 15.8. The van der Waals surface area contributed by atoms with E-state index in [2.05, 4.69) is 38.5 Å². The molecule has 1 heterocycles. The van der Waals surface area contributed by atoms with Crippen LogP contribution >= 0.6 is 0 Å². The normalized spacial score (nSPS) is 13.2. The average Bonchev–Trinajstić information content (AvgIpc) is 3.65. The molecule has 15 nitrogen and oxygen atoms in total. The molecule has 0 saturated heterocycles. The number of carboxylic acid groups (broad SMARTS) is 1. The molecule has 4 atom stereocenters. The molecule has 3 aromatic carbocycles. The zero-order chi connectivity index (χ0) is 46.6. The Bertz CT molecular complexity index is 2150. The van der Waals surface area contributed by atoms with Gasteiger partial charge in [0, 0.05) is 49.3 Å². The third-order valence-corrected chi connectivity index (χ3v) is 10.7. The first-order chi connectivity index (χ1) is 30.5. The van der Waals surface area contributed by atoms with E-state index in [0.717, 1.165) is 54.1 Å². The van der Waals surface area contributed by atoms with Gasteiger partial charge in [-0.25, -0.2) is 9.59 Å². The number of nitrogens with one attached hydrogen (secondary N) is 6. The summed E-state index contributed by atoms with van der Waals surface area (Å²) < 4.78 is 5.52. The number of aliphatic carboxylic acids is 1. The lowest BCUT2D eigenvalue weighted by atomic mass is 10.0. The van der Waals surface area contributed by atoms with Gasteiger partial charge in [0.15, 0.2) is 0 Å². The summed E-state index contributed by atoms with van der Waals surface area (Å²) in [6.45, 7) is 9.51. The highest BCUT2D eigenvalue weighted by Gasteiger charge is 2.33. The maximum Gasteiger partial charge on any atom is 0.408 e. The van der Waals surface area contributed by atoms with Crippen LogP contribution in [-0.4, -0.2) is 87.2 Å². The summed E-state index contributed by atoms with van der Waals surface area (Å²) in [7, 11) is 0. The van der Waals surface area contributed by atoms with Crippen LogP contribution in [0.1, 0.15) is 108 Å². The van der Waals surface area contributed by atoms with E-state index in [1.54, 1.807) is 39.1 Å². The smallest absolute Gasteiger partial charge is 0.408 e. The number of carboxylic acids is 1. The zero-order valence-corrected chi connectivity index (χ0v) is 37.8. The SMILES string of the molecule is CCCCCCCC(=O)NCCCCC(NC(=O)C(Cc1c[nH]c2ccccc12)NC(=O)OC(C)(C)C)C(=O)NC(Cc1ccc(C)cc1)C(=O)NC(Cc1ccc(O)cc1)C(=O)O. The number of aryl methyl sites for hydroxylation is 1. The van der Waals surface area contributed by atoms with Crippen LogP contribution in [0.3, 0.4) is 0 Å². The van der Waals surface area contributed by atoms with Crippen molar-refractivity contribution in [2.24, 2.45) is 0 Å². The van der Waals surface area contributed by atoms with Crippen molar-refractivity contribution in [3.8, 4) is 5.75 Å². The largest absolute Gasteiger partial charge is 0.508 e. The van der Waals surface area contributed by atoms with Crippen molar-refractivity contribution >= 4 is 46.6 Å². The summed E-state index contributed by atoms with van der Waals surface area (Å²) in [6.07, 6.45) is 7.41. The topological polar surface area (TPSA) is 228 Å². The number of hydrogen-bond acceptors (Lipinski definition) is 8. The number of hydrogen-bond donors (Lipinski definition) is 8. The summed E-state index contributed by atoms with van der Waals surface area (Å²) in [5, 5.41) is 34.5. The maximum absolute atomic E-state index is 14.4. The first-order valence-corrected chi connectivity index (χ1v) is 22.3. The minimum absolute atomic E-state index is 0.00205. The van der Waals surface area contributed by atoms with E-state index in [1.165, 1.54) is 12.1 Å². The number of unbranched alkanes of at least 4 members (excludes halogenated alkanes) is 5. The predicted molar refractivity (Wildman–Crippen MR) is 246 cm³/mol. The molecule has 0 aliphatic rings. The van der Waals surface area contributed by atoms with Crippen molar-refractivity contribution in [3.05, 3.63) is 101 Å². The van der Waals surface area contributed by atoms with Crippen LogP contribution in [0.25, 0.3) is 10.9 Å². The molecule has 0 aliphatic heterocycles. The lowest BCUT2D eigenvalue weighted by molar-refractivity contribution is -0.142. The fourth-order valence-electron chi connectivity index (χ4n) is 7.18. The number of amides is 5. The van der Waals surface area contributed by atoms with E-state index in [1.807, 2.05) is 55.5 Å². The molecule has 0 fully saturated rings. The number of fused-ring (bicyclic) bond motifs is 1. The zero-order valence-electron chi connectivity index (χ0n) is 37.8. The van der Waals surface area contributed by atoms with E-state index < -0.39 is 59.6 Å². The number of carbonyl (C=O) groups excluding carboxylic acids is 5. The van der Waals surface area contributed by atoms with E-state index in [4.69, 9.17) is 4.74 Å². The quantitative estimate of drug-likeness (QED) is 0.0350. The van der Waals surface area contributed by atoms with Gasteiger partial charge in [0.25, 0.3) is 0 Å². The highest BCUT2D eigenvalue weighted by molar-refractivity contribution is 5.95. The number of para-hydroxylation sites is 1. The number of benzene rings is 3. The molecule has 4 unspecified atom stereocenters. The Morgan fingerprint density at radius 3 is 1.91 bits per heavy atom. The Labute approximate surface area is 375 Å². The third kappa shape index (κ3) is 17.4. The molecule has 0 radical (unpaired) electrons. The number of aromatic amines is 1. The third-order valence-electron chi connectivity index (χ3n) is 10.7. The van der Waals surface area contributed by atoms with Crippen LogP contribution in [-0.2, 0) is 48.0 Å². The Morgan fingerprint density at radius 1 is 0.672 bits per heavy atom. The van der Waals surface area contributed by atoms with Crippen LogP contribution in [0.4, 0.5) is 4.79 Å². The summed E-state index contributed by atoms with van der Waals surface area (Å²) >= 11 is 0. The van der Waals surface area contributed by atoms with Crippen molar-refractivity contribution in [2.75, 3.05) is 6.54 Å². The van der Waals surface area contributed by atoms with E-state index >= 15 is 0 Å². The fourth-order valence-corrected chi connectivity index (χ4v) is 7.18. The molecule has 346 valence electrons. The van der Waals surface area contributed by atoms with E-state index in [-0.39, 0.29) is 37.3 Å². The Morgan fingerprint density at radius 2 is 1.25 bits per heavy atom. The minimum Gasteiger partial charge on any atom is -0.508 e. The maximum atomic E-state index is 14.4. The molecule has 0 bridgehead atoms. The molecule has 8 N–H and O–H groups in total. The molecular formula is C49H66N6O9. The molecule has 64 heavy (non-hydrogen) atoms. The van der Waals surface area contributed by atoms with Gasteiger partial charge in [-0.1, -0.05) is 92.8 Å². The second-order valence-corrected chi connectivity index (χ2v) is 17.4. The highest BCUT2D eigenvalue weighted by atomic mass is 16.6. The number of aromatic hydroxyl groups is 1. The van der Waals surface area contributed by atoms with Gasteiger partial charge in [0.2, 0.25) is 23.6 Å². The Hall–Kier alpha value is -6.38. The fraction of sp³-hybridized carbons (Fsp3) is 0.469. The van der Waals surface area contributed by atoms with Gasteiger partial charge in [0.1, 0.15) is 35.5 Å². The van der Waals surface area contributed by atoms with Gasteiger partial charge in [-0.05, 0) is 88.3 Å². The van der Waals surface area contributed by atoms with Gasteiger partial charge in [0.05, 0.1) is 0 Å². The number of ether oxygens (including phenoxy) is 1. The molecule has 5 amide bonds. The molecule has 0 spiro atoms. The van der Waals surface area contributed by atoms with Gasteiger partial charge >= 0.3 is 12.1 Å². The van der Waals surface area contributed by atoms with E-state index in [0.29, 0.717) is 36.9 Å². The standard InChI is InChI=1S/C49H66N6O9/c1-6-7-8-9-10-18-43(57)50-27-14-13-17-39(52-46(60)41(55-48(63)64-49(3,4)5)30-35-31-51-38-16-12-11-15-37(35)38)44(58)53-40(28-33-21-19-32(2)20-22-33)45(59)54-42(47(61)62)29-34-23-25-36(56)26-24-34/h11-12,15-16,19-26,31,39-42,51,56H,6-10,13-14,17-18,27-30H2,1-5H3,(H,50,57)(H,52,60)(H,53,58)(H,54,59)(H,55,63)(H,61,62). The van der Waals surface area contributed by atoms with Gasteiger partial charge < -0.3 is 46.5 Å². The predicted octanol–water partition coefficient (Wildman–Crippen LogP) is 6.29. The molecule has 4 aromatic rings. The number of alkyl carbamates (subject to hydrolysis) is 1. The average molecular weight is 883 g/mol. The summed E-state index contributed by atoms with van der Waals surface area (Å²) in [5.41, 5.74) is 2.93. The van der Waals surface area contributed by atoms with Gasteiger partial charge in [-0.15, -0.1) is 0 Å². The number of phenolic OH excluding ortho intramolecular Hbond substituents is 1. The second-order valence-electron chi connectivity index (χ2n) is 17.4. The summed E-state index contributed by atoms with van der Waals surface area (Å²) in [5.74, 6) is -3.48. The van der Waals surface area contributed by atoms with Crippen molar-refractivity contribution in [2.45, 2.75) is 141 Å². The van der Waals surface area contributed by atoms with Crippen LogP contribution in [0.2, 0.25) is 0 Å². The number of aromatic nitrogens is 1. The first-order valence-electron chi connectivity index (χ1n) is 22.3.